The maximum absolute atomic E-state index is 9.57. The maximum atomic E-state index is 9.57. The number of aromatic nitrogens is 2. The first-order chi connectivity index (χ1) is 12.2. The summed E-state index contributed by atoms with van der Waals surface area (Å²) in [6, 6.07) is 25.3. The Kier molecular flexibility index (Phi) is 4.12. The Balaban J connectivity index is 1.89. The molecule has 0 spiro atoms. The Labute approximate surface area is 154 Å². The van der Waals surface area contributed by atoms with Gasteiger partial charge in [-0.05, 0) is 36.4 Å². The van der Waals surface area contributed by atoms with Crippen LogP contribution in [0, 0.1) is 0 Å². The van der Waals surface area contributed by atoms with Gasteiger partial charge in [-0.25, -0.2) is 4.98 Å². The molecule has 0 aliphatic rings. The summed E-state index contributed by atoms with van der Waals surface area (Å²) in [7, 11) is 0. The van der Waals surface area contributed by atoms with Crippen molar-refractivity contribution in [1.29, 1.82) is 0 Å². The molecule has 3 aromatic carbocycles. The van der Waals surface area contributed by atoms with E-state index in [4.69, 9.17) is 4.98 Å². The molecule has 0 bridgehead atoms. The third-order valence-electron chi connectivity index (χ3n) is 4.02. The molecule has 4 rings (SSSR count). The molecule has 0 radical (unpaired) electrons. The summed E-state index contributed by atoms with van der Waals surface area (Å²) >= 11 is 3.46. The Hall–Kier alpha value is -2.85. The predicted molar refractivity (Wildman–Crippen MR) is 104 cm³/mol. The van der Waals surface area contributed by atoms with Gasteiger partial charge >= 0.3 is 0 Å². The number of halogens is 1. The zero-order valence-electron chi connectivity index (χ0n) is 13.3. The van der Waals surface area contributed by atoms with E-state index in [2.05, 4.69) is 20.9 Å². The van der Waals surface area contributed by atoms with Gasteiger partial charge < -0.3 is 10.1 Å². The smallest absolute Gasteiger partial charge is 0.138 e. The molecule has 2 N–H and O–H groups in total. The van der Waals surface area contributed by atoms with E-state index >= 15 is 0 Å². The van der Waals surface area contributed by atoms with Gasteiger partial charge in [0.1, 0.15) is 11.6 Å². The normalized spacial score (nSPS) is 10.8. The van der Waals surface area contributed by atoms with Crippen molar-refractivity contribution in [2.75, 3.05) is 0 Å². The van der Waals surface area contributed by atoms with Gasteiger partial charge in [0.2, 0.25) is 0 Å². The van der Waals surface area contributed by atoms with E-state index in [1.54, 1.807) is 12.1 Å². The maximum Gasteiger partial charge on any atom is 0.138 e. The summed E-state index contributed by atoms with van der Waals surface area (Å²) in [6.07, 6.45) is 0. The molecule has 3 nitrogen and oxygen atoms in total. The minimum atomic E-state index is 0.248. The van der Waals surface area contributed by atoms with E-state index in [1.165, 1.54) is 0 Å². The van der Waals surface area contributed by atoms with Crippen LogP contribution in [0.5, 0.6) is 5.75 Å². The third-order valence-corrected chi connectivity index (χ3v) is 4.55. The average Bonchev–Trinajstić information content (AvgIpc) is 3.09. The first-order valence-corrected chi connectivity index (χ1v) is 8.71. The van der Waals surface area contributed by atoms with Gasteiger partial charge in [-0.1, -0.05) is 58.4 Å². The largest absolute Gasteiger partial charge is 0.508 e. The van der Waals surface area contributed by atoms with E-state index in [0.29, 0.717) is 0 Å². The molecular weight excluding hydrogens is 376 g/mol. The minimum absolute atomic E-state index is 0.248. The van der Waals surface area contributed by atoms with Crippen LogP contribution in [0.15, 0.2) is 83.3 Å². The van der Waals surface area contributed by atoms with Gasteiger partial charge in [0.25, 0.3) is 0 Å². The number of aromatic amines is 1. The standard InChI is InChI=1S/C21H15BrN2O/c22-17-10-6-16(7-11-17)21-23-19(14-4-2-1-3-5-14)20(24-21)15-8-12-18(25)13-9-15/h1-13,25H,(H,23,24). The first kappa shape index (κ1) is 15.7. The van der Waals surface area contributed by atoms with Crippen LogP contribution in [0.1, 0.15) is 0 Å². The van der Waals surface area contributed by atoms with E-state index < -0.39 is 0 Å². The van der Waals surface area contributed by atoms with Crippen LogP contribution >= 0.6 is 15.9 Å². The summed E-state index contributed by atoms with van der Waals surface area (Å²) in [5.41, 5.74) is 4.87. The van der Waals surface area contributed by atoms with Crippen molar-refractivity contribution in [3.05, 3.63) is 83.3 Å². The number of aromatic hydroxyl groups is 1. The van der Waals surface area contributed by atoms with Gasteiger partial charge in [0.15, 0.2) is 0 Å². The van der Waals surface area contributed by atoms with Gasteiger partial charge in [-0.15, -0.1) is 0 Å². The zero-order chi connectivity index (χ0) is 17.2. The van der Waals surface area contributed by atoms with Crippen molar-refractivity contribution in [2.45, 2.75) is 0 Å². The van der Waals surface area contributed by atoms with Crippen LogP contribution in [0.2, 0.25) is 0 Å². The van der Waals surface area contributed by atoms with Crippen LogP contribution in [0.3, 0.4) is 0 Å². The van der Waals surface area contributed by atoms with Crippen LogP contribution in [0.25, 0.3) is 33.9 Å². The van der Waals surface area contributed by atoms with Crippen molar-refractivity contribution in [2.24, 2.45) is 0 Å². The summed E-state index contributed by atoms with van der Waals surface area (Å²) in [4.78, 5) is 8.29. The number of nitrogens with one attached hydrogen (secondary N) is 1. The molecule has 1 heterocycles. The zero-order valence-corrected chi connectivity index (χ0v) is 14.9. The molecule has 0 unspecified atom stereocenters. The molecular formula is C21H15BrN2O. The minimum Gasteiger partial charge on any atom is -0.508 e. The quantitative estimate of drug-likeness (QED) is 0.458. The lowest BCUT2D eigenvalue weighted by molar-refractivity contribution is 0.475. The lowest BCUT2D eigenvalue weighted by Crippen LogP contribution is -1.83. The summed E-state index contributed by atoms with van der Waals surface area (Å²) in [5.74, 6) is 1.06. The van der Waals surface area contributed by atoms with Crippen molar-refractivity contribution in [1.82, 2.24) is 9.97 Å². The number of phenols is 1. The number of phenolic OH excluding ortho intramolecular Hbond substituents is 1. The Morgan fingerprint density at radius 2 is 1.36 bits per heavy atom. The van der Waals surface area contributed by atoms with Gasteiger partial charge in [0, 0.05) is 21.2 Å². The highest BCUT2D eigenvalue weighted by atomic mass is 79.9. The number of rotatable bonds is 3. The molecule has 4 aromatic rings. The van der Waals surface area contributed by atoms with Crippen molar-refractivity contribution in [3.63, 3.8) is 0 Å². The fourth-order valence-corrected chi connectivity index (χ4v) is 3.02. The Bertz CT molecular complexity index is 991. The highest BCUT2D eigenvalue weighted by Gasteiger charge is 2.15. The first-order valence-electron chi connectivity index (χ1n) is 7.91. The van der Waals surface area contributed by atoms with Crippen LogP contribution in [-0.2, 0) is 0 Å². The van der Waals surface area contributed by atoms with E-state index in [-0.39, 0.29) is 5.75 Å². The fraction of sp³-hybridized carbons (Fsp3) is 0. The predicted octanol–water partition coefficient (Wildman–Crippen LogP) is 5.88. The Morgan fingerprint density at radius 1 is 0.720 bits per heavy atom. The van der Waals surface area contributed by atoms with Crippen molar-refractivity contribution in [3.8, 4) is 39.7 Å². The van der Waals surface area contributed by atoms with Gasteiger partial charge in [0.05, 0.1) is 11.4 Å². The lowest BCUT2D eigenvalue weighted by atomic mass is 10.1. The second-order valence-electron chi connectivity index (χ2n) is 5.73. The number of H-pyrrole nitrogens is 1. The average molecular weight is 391 g/mol. The molecule has 0 aliphatic carbocycles. The molecule has 25 heavy (non-hydrogen) atoms. The van der Waals surface area contributed by atoms with Gasteiger partial charge in [-0.3, -0.25) is 0 Å². The summed E-state index contributed by atoms with van der Waals surface area (Å²) in [6.45, 7) is 0. The van der Waals surface area contributed by atoms with Crippen molar-refractivity contribution < 1.29 is 5.11 Å². The molecule has 0 aliphatic heterocycles. The Morgan fingerprint density at radius 3 is 2.04 bits per heavy atom. The van der Waals surface area contributed by atoms with E-state index in [9.17, 15) is 5.11 Å². The molecule has 0 fully saturated rings. The topological polar surface area (TPSA) is 48.9 Å². The lowest BCUT2D eigenvalue weighted by Gasteiger charge is -2.03. The number of imidazole rings is 1. The third kappa shape index (κ3) is 3.21. The molecule has 0 saturated heterocycles. The number of hydrogen-bond acceptors (Lipinski definition) is 2. The number of hydrogen-bond donors (Lipinski definition) is 2. The fourth-order valence-electron chi connectivity index (χ4n) is 2.76. The molecule has 4 heteroatoms. The highest BCUT2D eigenvalue weighted by Crippen LogP contribution is 2.33. The second-order valence-corrected chi connectivity index (χ2v) is 6.64. The monoisotopic (exact) mass is 390 g/mol. The molecule has 0 saturated carbocycles. The molecule has 0 amide bonds. The summed E-state index contributed by atoms with van der Waals surface area (Å²) < 4.78 is 1.03. The molecule has 0 atom stereocenters. The van der Waals surface area contributed by atoms with Crippen LogP contribution in [-0.4, -0.2) is 15.1 Å². The van der Waals surface area contributed by atoms with E-state index in [1.807, 2.05) is 66.7 Å². The number of benzene rings is 3. The van der Waals surface area contributed by atoms with Crippen LogP contribution < -0.4 is 0 Å². The van der Waals surface area contributed by atoms with Crippen molar-refractivity contribution >= 4 is 15.9 Å². The highest BCUT2D eigenvalue weighted by molar-refractivity contribution is 9.10. The SMILES string of the molecule is Oc1ccc(-c2[nH]c(-c3ccc(Br)cc3)nc2-c2ccccc2)cc1. The van der Waals surface area contributed by atoms with E-state index in [0.717, 1.165) is 38.4 Å². The van der Waals surface area contributed by atoms with Crippen LogP contribution in [0.4, 0.5) is 0 Å². The molecule has 122 valence electrons. The number of nitrogens with zero attached hydrogens (tertiary/aromatic N) is 1. The van der Waals surface area contributed by atoms with Gasteiger partial charge in [-0.2, -0.15) is 0 Å². The molecule has 1 aromatic heterocycles. The second kappa shape index (κ2) is 6.57. The summed E-state index contributed by atoms with van der Waals surface area (Å²) in [5, 5.41) is 9.57.